The van der Waals surface area contributed by atoms with Crippen LogP contribution in [0.2, 0.25) is 5.02 Å². The van der Waals surface area contributed by atoms with Crippen LogP contribution in [0.4, 0.5) is 5.69 Å². The van der Waals surface area contributed by atoms with Crippen LogP contribution >= 0.6 is 11.6 Å². The van der Waals surface area contributed by atoms with Crippen LogP contribution in [-0.2, 0) is 26.2 Å². The Morgan fingerprint density at radius 3 is 2.32 bits per heavy atom. The first-order valence-corrected chi connectivity index (χ1v) is 14.9. The van der Waals surface area contributed by atoms with Gasteiger partial charge in [-0.15, -0.1) is 0 Å². The Kier molecular flexibility index (Phi) is 11.4. The minimum absolute atomic E-state index is 0.103. The summed E-state index contributed by atoms with van der Waals surface area (Å²) >= 11 is 6.23. The molecule has 0 spiro atoms. The number of hydrogen-bond donors (Lipinski definition) is 1. The number of amides is 2. The molecule has 2 rings (SSSR count). The van der Waals surface area contributed by atoms with Crippen LogP contribution in [0.25, 0.3) is 0 Å². The van der Waals surface area contributed by atoms with E-state index in [1.54, 1.807) is 30.0 Å². The molecule has 2 amide bonds. The Labute approximate surface area is 227 Å². The molecule has 9 heteroatoms. The Balaban J connectivity index is 2.26. The zero-order valence-electron chi connectivity index (χ0n) is 22.8. The Hall–Kier alpha value is -2.58. The van der Waals surface area contributed by atoms with Gasteiger partial charge in [0.1, 0.15) is 6.04 Å². The van der Waals surface area contributed by atoms with Crippen LogP contribution in [0.5, 0.6) is 0 Å². The van der Waals surface area contributed by atoms with Crippen molar-refractivity contribution in [3.63, 3.8) is 0 Å². The highest BCUT2D eigenvalue weighted by Crippen LogP contribution is 2.28. The van der Waals surface area contributed by atoms with Crippen molar-refractivity contribution in [2.45, 2.75) is 66.5 Å². The van der Waals surface area contributed by atoms with E-state index in [-0.39, 0.29) is 24.8 Å². The molecule has 1 atom stereocenters. The highest BCUT2D eigenvalue weighted by Gasteiger charge is 2.29. The maximum absolute atomic E-state index is 13.5. The fraction of sp³-hybridized carbons (Fsp3) is 0.500. The molecule has 0 aliphatic rings. The summed E-state index contributed by atoms with van der Waals surface area (Å²) in [7, 11) is -3.59. The second kappa shape index (κ2) is 13.8. The Morgan fingerprint density at radius 2 is 1.73 bits per heavy atom. The van der Waals surface area contributed by atoms with Crippen LogP contribution in [0.15, 0.2) is 42.5 Å². The van der Waals surface area contributed by atoms with E-state index in [9.17, 15) is 18.0 Å². The van der Waals surface area contributed by atoms with Crippen molar-refractivity contribution in [2.75, 3.05) is 23.7 Å². The first-order valence-electron chi connectivity index (χ1n) is 12.7. The number of rotatable bonds is 13. The van der Waals surface area contributed by atoms with Crippen molar-refractivity contribution in [2.24, 2.45) is 5.92 Å². The summed E-state index contributed by atoms with van der Waals surface area (Å²) in [6, 6.07) is 12.3. The molecule has 0 aromatic heterocycles. The molecule has 0 fully saturated rings. The average molecular weight is 550 g/mol. The summed E-state index contributed by atoms with van der Waals surface area (Å²) in [6.07, 6.45) is 2.02. The van der Waals surface area contributed by atoms with Gasteiger partial charge in [-0.3, -0.25) is 13.9 Å². The second-order valence-electron chi connectivity index (χ2n) is 9.83. The molecule has 0 aliphatic carbocycles. The summed E-state index contributed by atoms with van der Waals surface area (Å²) in [4.78, 5) is 28.2. The number of aryl methyl sites for hydroxylation is 1. The Morgan fingerprint density at radius 1 is 1.05 bits per heavy atom. The molecule has 0 saturated carbocycles. The topological polar surface area (TPSA) is 86.8 Å². The second-order valence-corrected chi connectivity index (χ2v) is 12.1. The third-order valence-corrected chi connectivity index (χ3v) is 7.92. The van der Waals surface area contributed by atoms with Gasteiger partial charge in [-0.25, -0.2) is 8.42 Å². The SMILES string of the molecule is CC[C@H](C(=O)NCC(C)C)N(Cc1ccccc1C)C(=O)CCCN(c1cccc(Cl)c1C)S(C)(=O)=O. The van der Waals surface area contributed by atoms with Crippen LogP contribution < -0.4 is 9.62 Å². The zero-order chi connectivity index (χ0) is 27.8. The van der Waals surface area contributed by atoms with Crippen LogP contribution in [0.1, 0.15) is 56.7 Å². The van der Waals surface area contributed by atoms with Gasteiger partial charge in [0.05, 0.1) is 11.9 Å². The van der Waals surface area contributed by atoms with Gasteiger partial charge in [-0.05, 0) is 61.4 Å². The summed E-state index contributed by atoms with van der Waals surface area (Å²) in [5.74, 6) is -0.0737. The highest BCUT2D eigenvalue weighted by molar-refractivity contribution is 7.92. The van der Waals surface area contributed by atoms with Crippen LogP contribution in [0, 0.1) is 19.8 Å². The summed E-state index contributed by atoms with van der Waals surface area (Å²) in [5, 5.41) is 3.44. The summed E-state index contributed by atoms with van der Waals surface area (Å²) in [5.41, 5.74) is 3.17. The first kappa shape index (κ1) is 30.6. The van der Waals surface area contributed by atoms with Gasteiger partial charge in [-0.2, -0.15) is 0 Å². The van der Waals surface area contributed by atoms with Gasteiger partial charge in [0.25, 0.3) is 0 Å². The van der Waals surface area contributed by atoms with E-state index in [1.807, 2.05) is 52.0 Å². The lowest BCUT2D eigenvalue weighted by molar-refractivity contribution is -0.141. The van der Waals surface area contributed by atoms with E-state index >= 15 is 0 Å². The normalized spacial score (nSPS) is 12.3. The summed E-state index contributed by atoms with van der Waals surface area (Å²) < 4.78 is 26.5. The van der Waals surface area contributed by atoms with Crippen molar-refractivity contribution in [1.29, 1.82) is 0 Å². The molecule has 0 saturated heterocycles. The standard InChI is InChI=1S/C28H40ClN3O4S/c1-7-25(28(34)30-18-20(2)3)31(19-23-13-9-8-12-21(23)4)27(33)16-11-17-32(37(6,35)36)26-15-10-14-24(29)22(26)5/h8-10,12-15,20,25H,7,11,16-19H2,1-6H3,(H,30,34)/t25-/m1/s1. The van der Waals surface area contributed by atoms with E-state index in [2.05, 4.69) is 5.32 Å². The van der Waals surface area contributed by atoms with Gasteiger partial charge in [-0.1, -0.05) is 62.7 Å². The largest absolute Gasteiger partial charge is 0.354 e. The van der Waals surface area contributed by atoms with Crippen molar-refractivity contribution in [1.82, 2.24) is 10.2 Å². The molecule has 0 aliphatic heterocycles. The molecule has 1 N–H and O–H groups in total. The molecule has 7 nitrogen and oxygen atoms in total. The zero-order valence-corrected chi connectivity index (χ0v) is 24.3. The fourth-order valence-corrected chi connectivity index (χ4v) is 5.35. The minimum Gasteiger partial charge on any atom is -0.354 e. The predicted octanol–water partition coefficient (Wildman–Crippen LogP) is 5.08. The van der Waals surface area contributed by atoms with Gasteiger partial charge in [0.15, 0.2) is 0 Å². The number of carbonyl (C=O) groups is 2. The molecule has 0 unspecified atom stereocenters. The van der Waals surface area contributed by atoms with E-state index in [4.69, 9.17) is 11.6 Å². The van der Waals surface area contributed by atoms with Crippen molar-refractivity contribution >= 4 is 39.1 Å². The molecule has 0 heterocycles. The van der Waals surface area contributed by atoms with Gasteiger partial charge in [0.2, 0.25) is 21.8 Å². The third-order valence-electron chi connectivity index (χ3n) is 6.33. The molecule has 37 heavy (non-hydrogen) atoms. The molecular weight excluding hydrogens is 510 g/mol. The van der Waals surface area contributed by atoms with Crippen molar-refractivity contribution in [3.05, 3.63) is 64.2 Å². The predicted molar refractivity (Wildman–Crippen MR) is 151 cm³/mol. The average Bonchev–Trinajstić information content (AvgIpc) is 2.82. The van der Waals surface area contributed by atoms with Crippen molar-refractivity contribution in [3.8, 4) is 0 Å². The smallest absolute Gasteiger partial charge is 0.242 e. The lowest BCUT2D eigenvalue weighted by Crippen LogP contribution is -2.49. The van der Waals surface area contributed by atoms with Crippen LogP contribution in [0.3, 0.4) is 0 Å². The molecule has 0 bridgehead atoms. The molecule has 0 radical (unpaired) electrons. The number of hydrogen-bond acceptors (Lipinski definition) is 4. The van der Waals surface area contributed by atoms with Gasteiger partial charge >= 0.3 is 0 Å². The monoisotopic (exact) mass is 549 g/mol. The number of nitrogens with one attached hydrogen (secondary N) is 1. The maximum atomic E-state index is 13.5. The van der Waals surface area contributed by atoms with Crippen molar-refractivity contribution < 1.29 is 18.0 Å². The third kappa shape index (κ3) is 8.75. The van der Waals surface area contributed by atoms with Gasteiger partial charge in [0, 0.05) is 31.1 Å². The molecular formula is C28H40ClN3O4S. The molecule has 2 aromatic carbocycles. The van der Waals surface area contributed by atoms with Crippen LogP contribution in [-0.4, -0.2) is 50.5 Å². The Bertz CT molecular complexity index is 1180. The first-order chi connectivity index (χ1) is 17.4. The highest BCUT2D eigenvalue weighted by atomic mass is 35.5. The number of anilines is 1. The molecule has 2 aromatic rings. The fourth-order valence-electron chi connectivity index (χ4n) is 4.16. The lowest BCUT2D eigenvalue weighted by Gasteiger charge is -2.32. The van der Waals surface area contributed by atoms with E-state index in [0.717, 1.165) is 17.4 Å². The number of sulfonamides is 1. The lowest BCUT2D eigenvalue weighted by atomic mass is 10.0. The maximum Gasteiger partial charge on any atom is 0.242 e. The van der Waals surface area contributed by atoms with Gasteiger partial charge < -0.3 is 10.2 Å². The molecule has 204 valence electrons. The van der Waals surface area contributed by atoms with E-state index in [1.165, 1.54) is 4.31 Å². The van der Waals surface area contributed by atoms with E-state index in [0.29, 0.717) is 48.1 Å². The summed E-state index contributed by atoms with van der Waals surface area (Å²) in [6.45, 7) is 10.7. The van der Waals surface area contributed by atoms with E-state index < -0.39 is 16.1 Å². The quantitative estimate of drug-likeness (QED) is 0.377. The minimum atomic E-state index is -3.59. The number of benzene rings is 2. The number of halogens is 1. The number of nitrogens with zero attached hydrogens (tertiary/aromatic N) is 2. The number of carbonyl (C=O) groups excluding carboxylic acids is 2.